The second kappa shape index (κ2) is 15.8. The Hall–Kier alpha value is -3.62. The lowest BCUT2D eigenvalue weighted by atomic mass is 9.87. The molecule has 0 aromatic heterocycles. The molecule has 0 radical (unpaired) electrons. The molecule has 6 amide bonds. The van der Waals surface area contributed by atoms with Crippen molar-refractivity contribution in [1.29, 1.82) is 0 Å². The van der Waals surface area contributed by atoms with Crippen molar-refractivity contribution in [3.8, 4) is 0 Å². The number of hydrogen-bond acceptors (Lipinski definition) is 9. The number of fused-ring (bicyclic) bond motifs is 4. The first-order valence-electron chi connectivity index (χ1n) is 19.1. The van der Waals surface area contributed by atoms with E-state index in [2.05, 4.69) is 0 Å². The summed E-state index contributed by atoms with van der Waals surface area (Å²) in [4.78, 5) is 82.5. The van der Waals surface area contributed by atoms with E-state index in [1.807, 2.05) is 48.6 Å². The number of hydroxylamine groups is 2. The molecule has 292 valence electrons. The maximum absolute atomic E-state index is 12.8. The minimum Gasteiger partial charge on any atom is -0.444 e. The van der Waals surface area contributed by atoms with E-state index in [0.717, 1.165) is 43.6 Å². The Bertz CT molecular complexity index is 1260. The molecule has 52 heavy (non-hydrogen) atoms. The van der Waals surface area contributed by atoms with E-state index in [1.165, 1.54) is 4.90 Å². The van der Waals surface area contributed by atoms with Crippen molar-refractivity contribution in [3.63, 3.8) is 0 Å². The molecule has 6 fully saturated rings. The summed E-state index contributed by atoms with van der Waals surface area (Å²) in [5.41, 5.74) is -0.996. The molecule has 0 aromatic carbocycles. The molecule has 4 bridgehead atoms. The molecular formula is C37H60N6O9. The molecule has 15 heteroatoms. The van der Waals surface area contributed by atoms with Crippen molar-refractivity contribution in [3.05, 3.63) is 0 Å². The summed E-state index contributed by atoms with van der Waals surface area (Å²) in [7, 11) is 1.83. The number of Topliss-reactive ketones (excluding diaryl/α,β-unsaturated/α-hetero) is 2. The molecule has 0 saturated carbocycles. The fraction of sp³-hybridized carbons (Fsp3) is 0.838. The number of urea groups is 2. The van der Waals surface area contributed by atoms with Crippen LogP contribution in [0.15, 0.2) is 0 Å². The molecule has 6 aliphatic heterocycles. The Balaban J connectivity index is 0.000000201. The second-order valence-electron chi connectivity index (χ2n) is 17.5. The zero-order chi connectivity index (χ0) is 38.1. The number of amides is 6. The Kier molecular flexibility index (Phi) is 12.0. The van der Waals surface area contributed by atoms with Gasteiger partial charge in [0.05, 0.1) is 24.2 Å². The number of ketones is 2. The quantitative estimate of drug-likeness (QED) is 0.381. The van der Waals surface area contributed by atoms with Crippen LogP contribution in [-0.4, -0.2) is 152 Å². The number of carbonyl (C=O) groups is 6. The number of nitrogens with zero attached hydrogens (tertiary/aromatic N) is 6. The van der Waals surface area contributed by atoms with Crippen LogP contribution in [0.4, 0.5) is 19.2 Å². The second-order valence-corrected chi connectivity index (χ2v) is 17.5. The maximum atomic E-state index is 12.8. The van der Waals surface area contributed by atoms with Crippen molar-refractivity contribution in [1.82, 2.24) is 29.6 Å². The Morgan fingerprint density at radius 3 is 1.42 bits per heavy atom. The van der Waals surface area contributed by atoms with E-state index in [1.54, 1.807) is 19.6 Å². The zero-order valence-corrected chi connectivity index (χ0v) is 32.2. The number of ether oxygens (including phenoxy) is 2. The van der Waals surface area contributed by atoms with Crippen LogP contribution in [0, 0.1) is 11.8 Å². The van der Waals surface area contributed by atoms with Gasteiger partial charge in [0.2, 0.25) is 0 Å². The average Bonchev–Trinajstić information content (AvgIpc) is 3.42. The minimum atomic E-state index is -0.508. The van der Waals surface area contributed by atoms with E-state index in [-0.39, 0.29) is 59.7 Å². The number of rotatable bonds is 6. The van der Waals surface area contributed by atoms with Crippen LogP contribution in [0.5, 0.6) is 0 Å². The standard InChI is InChI=1S/C19H31N3O4.C18H29N3O5/c1-19(2,3)26-18(25)21-9-7-13(8-10-21)11-16(23)15-6-5-14-12-22(15)17(24)20(14)4;1-18(2,3)26-17(24)19-8-6-12(7-9-19)10-15(22)14-5-4-13-11-20(14)16(23)21(13)25/h13-15H,5-12H2,1-4H3;12-14,25H,4-11H2,1-3H3/t14-,15+;13-,14+/m11/s1. The smallest absolute Gasteiger partial charge is 0.410 e. The molecule has 4 atom stereocenters. The van der Waals surface area contributed by atoms with Gasteiger partial charge in [-0.15, -0.1) is 0 Å². The Labute approximate surface area is 307 Å². The van der Waals surface area contributed by atoms with E-state index in [9.17, 15) is 34.0 Å². The SMILES string of the molecule is CC(C)(C)OC(=O)N1CCC(CC(=O)[C@@H]2CC[C@@H]3CN2C(=O)N3O)CC1.CN1C(=O)N2C[C@H]1CC[C@H]2C(=O)CC1CCN(C(=O)OC(C)(C)C)CC1. The first-order chi connectivity index (χ1) is 24.3. The van der Waals surface area contributed by atoms with Crippen molar-refractivity contribution in [2.75, 3.05) is 46.3 Å². The van der Waals surface area contributed by atoms with Crippen LogP contribution in [0.2, 0.25) is 0 Å². The number of likely N-dealkylation sites (tertiary alicyclic amines) is 2. The fourth-order valence-electron chi connectivity index (χ4n) is 8.29. The van der Waals surface area contributed by atoms with Gasteiger partial charge < -0.3 is 34.0 Å². The molecule has 15 nitrogen and oxygen atoms in total. The monoisotopic (exact) mass is 732 g/mol. The van der Waals surface area contributed by atoms with Gasteiger partial charge in [-0.05, 0) is 105 Å². The van der Waals surface area contributed by atoms with Gasteiger partial charge in [0.1, 0.15) is 11.2 Å². The van der Waals surface area contributed by atoms with Crippen molar-refractivity contribution in [2.24, 2.45) is 11.8 Å². The molecule has 0 aliphatic carbocycles. The first-order valence-corrected chi connectivity index (χ1v) is 19.1. The average molecular weight is 733 g/mol. The molecule has 0 unspecified atom stereocenters. The van der Waals surface area contributed by atoms with Crippen molar-refractivity contribution >= 4 is 35.8 Å². The largest absolute Gasteiger partial charge is 0.444 e. The van der Waals surface area contributed by atoms with E-state index < -0.39 is 23.3 Å². The fourth-order valence-corrected chi connectivity index (χ4v) is 8.29. The molecule has 6 aliphatic rings. The highest BCUT2D eigenvalue weighted by Crippen LogP contribution is 2.33. The van der Waals surface area contributed by atoms with Crippen LogP contribution in [-0.2, 0) is 19.1 Å². The summed E-state index contributed by atoms with van der Waals surface area (Å²) in [5.74, 6) is 0.766. The maximum Gasteiger partial charge on any atom is 0.410 e. The first kappa shape index (κ1) is 39.6. The molecule has 1 N–H and O–H groups in total. The Morgan fingerprint density at radius 1 is 0.615 bits per heavy atom. The number of piperidine rings is 4. The highest BCUT2D eigenvalue weighted by atomic mass is 16.6. The highest BCUT2D eigenvalue weighted by molar-refractivity contribution is 5.91. The third-order valence-electron chi connectivity index (χ3n) is 11.3. The minimum absolute atomic E-state index is 0.00871. The van der Waals surface area contributed by atoms with Gasteiger partial charge in [-0.1, -0.05) is 0 Å². The Morgan fingerprint density at radius 2 is 1.00 bits per heavy atom. The van der Waals surface area contributed by atoms with E-state index >= 15 is 0 Å². The topological polar surface area (TPSA) is 161 Å². The van der Waals surface area contributed by atoms with E-state index in [4.69, 9.17) is 9.47 Å². The summed E-state index contributed by atoms with van der Waals surface area (Å²) in [6, 6.07) is -1.05. The lowest BCUT2D eigenvalue weighted by Crippen LogP contribution is -2.46. The number of likely N-dealkylation sites (N-methyl/N-ethyl adjacent to an activating group) is 1. The van der Waals surface area contributed by atoms with Gasteiger partial charge in [-0.25, -0.2) is 24.2 Å². The highest BCUT2D eigenvalue weighted by Gasteiger charge is 2.47. The summed E-state index contributed by atoms with van der Waals surface area (Å²) < 4.78 is 10.8. The van der Waals surface area contributed by atoms with Gasteiger partial charge in [0, 0.05) is 59.2 Å². The summed E-state index contributed by atoms with van der Waals surface area (Å²) in [6.07, 6.45) is 6.47. The summed E-state index contributed by atoms with van der Waals surface area (Å²) >= 11 is 0. The van der Waals surface area contributed by atoms with Gasteiger partial charge in [0.25, 0.3) is 0 Å². The van der Waals surface area contributed by atoms with E-state index in [0.29, 0.717) is 65.0 Å². The number of hydrogen-bond donors (Lipinski definition) is 1. The molecule has 6 saturated heterocycles. The van der Waals surface area contributed by atoms with Crippen LogP contribution in [0.3, 0.4) is 0 Å². The van der Waals surface area contributed by atoms with Crippen molar-refractivity contribution in [2.45, 2.75) is 141 Å². The van der Waals surface area contributed by atoms with Crippen molar-refractivity contribution < 1.29 is 43.4 Å². The third kappa shape index (κ3) is 9.48. The predicted octanol–water partition coefficient (Wildman–Crippen LogP) is 4.74. The van der Waals surface area contributed by atoms with Crippen LogP contribution >= 0.6 is 0 Å². The van der Waals surface area contributed by atoms with Gasteiger partial charge in [0.15, 0.2) is 11.6 Å². The van der Waals surface area contributed by atoms with Gasteiger partial charge >= 0.3 is 24.2 Å². The molecular weight excluding hydrogens is 672 g/mol. The predicted molar refractivity (Wildman–Crippen MR) is 190 cm³/mol. The lowest BCUT2D eigenvalue weighted by Gasteiger charge is -2.35. The molecule has 6 heterocycles. The lowest BCUT2D eigenvalue weighted by molar-refractivity contribution is -0.126. The van der Waals surface area contributed by atoms with Crippen LogP contribution in [0.25, 0.3) is 0 Å². The normalized spacial score (nSPS) is 27.1. The zero-order valence-electron chi connectivity index (χ0n) is 32.2. The third-order valence-corrected chi connectivity index (χ3v) is 11.3. The number of carbonyl (C=O) groups excluding carboxylic acids is 6. The van der Waals surface area contributed by atoms with Crippen LogP contribution < -0.4 is 0 Å². The summed E-state index contributed by atoms with van der Waals surface area (Å²) in [6.45, 7) is 14.7. The van der Waals surface area contributed by atoms with Crippen LogP contribution in [0.1, 0.15) is 106 Å². The molecule has 6 rings (SSSR count). The van der Waals surface area contributed by atoms with Gasteiger partial charge in [-0.3, -0.25) is 14.8 Å². The summed E-state index contributed by atoms with van der Waals surface area (Å²) in [5, 5.41) is 10.5. The van der Waals surface area contributed by atoms with Gasteiger partial charge in [-0.2, -0.15) is 0 Å². The molecule has 0 spiro atoms. The molecule has 0 aromatic rings.